The van der Waals surface area contributed by atoms with Gasteiger partial charge in [-0.2, -0.15) is 8.42 Å². The zero-order chi connectivity index (χ0) is 10.8. The predicted octanol–water partition coefficient (Wildman–Crippen LogP) is 1.08. The molecule has 1 atom stereocenters. The normalized spacial score (nSPS) is 13.6. The molecule has 1 rings (SSSR count). The van der Waals surface area contributed by atoms with Crippen LogP contribution < -0.4 is 4.18 Å². The summed E-state index contributed by atoms with van der Waals surface area (Å²) in [6.07, 6.45) is 0.208. The monoisotopic (exact) mass is 216 g/mol. The van der Waals surface area contributed by atoms with Crippen molar-refractivity contribution in [2.24, 2.45) is 0 Å². The minimum Gasteiger partial charge on any atom is -0.389 e. The van der Waals surface area contributed by atoms with E-state index in [0.717, 1.165) is 6.26 Å². The lowest BCUT2D eigenvalue weighted by Gasteiger charge is -2.10. The molecule has 0 heterocycles. The van der Waals surface area contributed by atoms with E-state index in [0.29, 0.717) is 5.56 Å². The third-order valence-corrected chi connectivity index (χ3v) is 2.09. The van der Waals surface area contributed by atoms with Gasteiger partial charge in [-0.05, 0) is 13.0 Å². The first kappa shape index (κ1) is 11.0. The van der Waals surface area contributed by atoms with E-state index in [1.807, 2.05) is 0 Å². The first-order valence-electron chi connectivity index (χ1n) is 4.06. The van der Waals surface area contributed by atoms with Crippen molar-refractivity contribution in [3.63, 3.8) is 0 Å². The molecular weight excluding hydrogens is 204 g/mol. The van der Waals surface area contributed by atoms with Crippen LogP contribution in [-0.2, 0) is 10.1 Å². The van der Waals surface area contributed by atoms with Gasteiger partial charge in [0.25, 0.3) is 0 Å². The average molecular weight is 216 g/mol. The first-order chi connectivity index (χ1) is 6.40. The molecule has 0 bridgehead atoms. The molecule has 0 spiro atoms. The minimum atomic E-state index is -3.54. The molecule has 0 saturated heterocycles. The molecule has 0 aliphatic carbocycles. The van der Waals surface area contributed by atoms with Crippen LogP contribution in [0, 0.1) is 0 Å². The molecule has 5 heteroatoms. The topological polar surface area (TPSA) is 63.6 Å². The van der Waals surface area contributed by atoms with Gasteiger partial charge in [0.1, 0.15) is 5.75 Å². The predicted molar refractivity (Wildman–Crippen MR) is 52.5 cm³/mol. The fraction of sp³-hybridized carbons (Fsp3) is 0.333. The minimum absolute atomic E-state index is 0.171. The second kappa shape index (κ2) is 3.98. The Bertz CT molecular complexity index is 409. The summed E-state index contributed by atoms with van der Waals surface area (Å²) in [4.78, 5) is 0. The lowest BCUT2D eigenvalue weighted by Crippen LogP contribution is -2.08. The zero-order valence-corrected chi connectivity index (χ0v) is 8.78. The SMILES string of the molecule is CC(O)c1ccccc1OS(C)(=O)=O. The number of hydrogen-bond donors (Lipinski definition) is 1. The van der Waals surface area contributed by atoms with Crippen molar-refractivity contribution in [1.29, 1.82) is 0 Å². The largest absolute Gasteiger partial charge is 0.389 e. The van der Waals surface area contributed by atoms with Crippen LogP contribution in [0.3, 0.4) is 0 Å². The van der Waals surface area contributed by atoms with Gasteiger partial charge in [-0.15, -0.1) is 0 Å². The van der Waals surface area contributed by atoms with E-state index in [2.05, 4.69) is 0 Å². The van der Waals surface area contributed by atoms with Gasteiger partial charge in [-0.25, -0.2) is 0 Å². The van der Waals surface area contributed by atoms with E-state index in [9.17, 15) is 13.5 Å². The first-order valence-corrected chi connectivity index (χ1v) is 5.88. The van der Waals surface area contributed by atoms with E-state index in [1.54, 1.807) is 25.1 Å². The van der Waals surface area contributed by atoms with Crippen molar-refractivity contribution in [2.45, 2.75) is 13.0 Å². The number of aliphatic hydroxyl groups excluding tert-OH is 1. The van der Waals surface area contributed by atoms with Gasteiger partial charge in [0.05, 0.1) is 12.4 Å². The van der Waals surface area contributed by atoms with Crippen molar-refractivity contribution < 1.29 is 17.7 Å². The fourth-order valence-electron chi connectivity index (χ4n) is 1.06. The van der Waals surface area contributed by atoms with Crippen LogP contribution in [0.1, 0.15) is 18.6 Å². The van der Waals surface area contributed by atoms with Crippen molar-refractivity contribution in [1.82, 2.24) is 0 Å². The third kappa shape index (κ3) is 3.01. The Balaban J connectivity index is 3.08. The Morgan fingerprint density at radius 2 is 1.93 bits per heavy atom. The Kier molecular flexibility index (Phi) is 3.13. The van der Waals surface area contributed by atoms with Crippen LogP contribution >= 0.6 is 0 Å². The second-order valence-electron chi connectivity index (χ2n) is 3.00. The third-order valence-electron chi connectivity index (χ3n) is 1.61. The standard InChI is InChI=1S/C9H12O4S/c1-7(10)8-5-3-4-6-9(8)13-14(2,11)12/h3-7,10H,1-2H3. The number of para-hydroxylation sites is 1. The van der Waals surface area contributed by atoms with Gasteiger partial charge in [-0.1, -0.05) is 18.2 Å². The number of hydrogen-bond acceptors (Lipinski definition) is 4. The zero-order valence-electron chi connectivity index (χ0n) is 7.97. The Labute approximate surface area is 83.3 Å². The van der Waals surface area contributed by atoms with E-state index in [1.165, 1.54) is 6.07 Å². The van der Waals surface area contributed by atoms with Crippen LogP contribution in [0.15, 0.2) is 24.3 Å². The molecule has 78 valence electrons. The Hall–Kier alpha value is -1.07. The summed E-state index contributed by atoms with van der Waals surface area (Å²) < 4.78 is 26.4. The summed E-state index contributed by atoms with van der Waals surface area (Å²) in [6, 6.07) is 6.47. The molecule has 14 heavy (non-hydrogen) atoms. The van der Waals surface area contributed by atoms with Gasteiger partial charge in [0, 0.05) is 5.56 Å². The lowest BCUT2D eigenvalue weighted by molar-refractivity contribution is 0.197. The van der Waals surface area contributed by atoms with Gasteiger partial charge in [-0.3, -0.25) is 0 Å². The van der Waals surface area contributed by atoms with E-state index in [-0.39, 0.29) is 5.75 Å². The maximum atomic E-state index is 10.9. The highest BCUT2D eigenvalue weighted by atomic mass is 32.2. The van der Waals surface area contributed by atoms with Crippen molar-refractivity contribution in [3.05, 3.63) is 29.8 Å². The quantitative estimate of drug-likeness (QED) is 0.768. The van der Waals surface area contributed by atoms with Crippen LogP contribution in [0.25, 0.3) is 0 Å². The summed E-state index contributed by atoms with van der Waals surface area (Å²) in [7, 11) is -3.54. The highest BCUT2D eigenvalue weighted by molar-refractivity contribution is 7.86. The van der Waals surface area contributed by atoms with Gasteiger partial charge >= 0.3 is 10.1 Å². The Morgan fingerprint density at radius 1 is 1.36 bits per heavy atom. The number of aliphatic hydroxyl groups is 1. The molecule has 1 aromatic rings. The van der Waals surface area contributed by atoms with Crippen LogP contribution in [0.4, 0.5) is 0 Å². The molecule has 0 fully saturated rings. The molecule has 1 unspecified atom stereocenters. The molecule has 0 aliphatic rings. The summed E-state index contributed by atoms with van der Waals surface area (Å²) in [5.41, 5.74) is 0.456. The molecular formula is C9H12O4S. The van der Waals surface area contributed by atoms with Gasteiger partial charge in [0.2, 0.25) is 0 Å². The molecule has 0 aliphatic heterocycles. The van der Waals surface area contributed by atoms with Crippen molar-refractivity contribution in [3.8, 4) is 5.75 Å². The molecule has 1 aromatic carbocycles. The van der Waals surface area contributed by atoms with Crippen LogP contribution in [0.5, 0.6) is 5.75 Å². The lowest BCUT2D eigenvalue weighted by atomic mass is 10.1. The average Bonchev–Trinajstić information content (AvgIpc) is 2.01. The number of rotatable bonds is 3. The number of benzene rings is 1. The summed E-state index contributed by atoms with van der Waals surface area (Å²) in [6.45, 7) is 1.55. The van der Waals surface area contributed by atoms with Crippen molar-refractivity contribution in [2.75, 3.05) is 6.26 Å². The molecule has 0 aromatic heterocycles. The van der Waals surface area contributed by atoms with E-state index < -0.39 is 16.2 Å². The molecule has 0 radical (unpaired) electrons. The molecule has 4 nitrogen and oxygen atoms in total. The summed E-state index contributed by atoms with van der Waals surface area (Å²) in [5.74, 6) is 0.171. The van der Waals surface area contributed by atoms with Crippen LogP contribution in [-0.4, -0.2) is 19.8 Å². The fourth-order valence-corrected chi connectivity index (χ4v) is 1.54. The molecule has 1 N–H and O–H groups in total. The summed E-state index contributed by atoms with van der Waals surface area (Å²) >= 11 is 0. The van der Waals surface area contributed by atoms with Crippen molar-refractivity contribution >= 4 is 10.1 Å². The van der Waals surface area contributed by atoms with Gasteiger partial charge in [0.15, 0.2) is 0 Å². The highest BCUT2D eigenvalue weighted by Crippen LogP contribution is 2.25. The molecule has 0 saturated carbocycles. The Morgan fingerprint density at radius 3 is 2.43 bits per heavy atom. The summed E-state index contributed by atoms with van der Waals surface area (Å²) in [5, 5.41) is 9.33. The second-order valence-corrected chi connectivity index (χ2v) is 4.58. The maximum absolute atomic E-state index is 10.9. The van der Waals surface area contributed by atoms with Gasteiger partial charge < -0.3 is 9.29 Å². The highest BCUT2D eigenvalue weighted by Gasteiger charge is 2.12. The smallest absolute Gasteiger partial charge is 0.306 e. The van der Waals surface area contributed by atoms with Crippen LogP contribution in [0.2, 0.25) is 0 Å². The van der Waals surface area contributed by atoms with E-state index >= 15 is 0 Å². The maximum Gasteiger partial charge on any atom is 0.306 e. The van der Waals surface area contributed by atoms with E-state index in [4.69, 9.17) is 4.18 Å². The molecule has 0 amide bonds.